The van der Waals surface area contributed by atoms with Crippen LogP contribution in [0.5, 0.6) is 0 Å². The highest BCUT2D eigenvalue weighted by Gasteiger charge is 2.21. The highest BCUT2D eigenvalue weighted by atomic mass is 16.3. The van der Waals surface area contributed by atoms with Gasteiger partial charge in [0.1, 0.15) is 0 Å². The largest absolute Gasteiger partial charge is 0.394 e. The van der Waals surface area contributed by atoms with Gasteiger partial charge in [0.15, 0.2) is 17.0 Å². The number of rotatable bonds is 7. The molecule has 31 heavy (non-hydrogen) atoms. The van der Waals surface area contributed by atoms with E-state index in [9.17, 15) is 5.11 Å². The smallest absolute Gasteiger partial charge is 0.227 e. The van der Waals surface area contributed by atoms with Crippen molar-refractivity contribution in [2.75, 3.05) is 17.2 Å². The first-order valence-corrected chi connectivity index (χ1v) is 10.3. The molecule has 0 radical (unpaired) electrons. The summed E-state index contributed by atoms with van der Waals surface area (Å²) in [6.45, 7) is 7.90. The monoisotopic (exact) mass is 417 g/mol. The number of hydrogen-bond acceptors (Lipinski definition) is 7. The fraction of sp³-hybridized carbons (Fsp3) is 0.304. The molecule has 4 aromatic rings. The van der Waals surface area contributed by atoms with Crippen LogP contribution in [0.3, 0.4) is 0 Å². The van der Waals surface area contributed by atoms with Gasteiger partial charge in [0, 0.05) is 23.5 Å². The van der Waals surface area contributed by atoms with Crippen molar-refractivity contribution in [1.29, 1.82) is 0 Å². The molecule has 0 spiro atoms. The summed E-state index contributed by atoms with van der Waals surface area (Å²) in [6, 6.07) is 14.0. The molecule has 0 atom stereocenters. The zero-order chi connectivity index (χ0) is 22.0. The topological polar surface area (TPSA) is 101 Å². The van der Waals surface area contributed by atoms with Gasteiger partial charge in [0.25, 0.3) is 0 Å². The molecule has 3 aromatic heterocycles. The maximum Gasteiger partial charge on any atom is 0.227 e. The number of aliphatic hydroxyl groups excluding tert-OH is 1. The van der Waals surface area contributed by atoms with Crippen LogP contribution in [-0.2, 0) is 0 Å². The second kappa shape index (κ2) is 8.31. The summed E-state index contributed by atoms with van der Waals surface area (Å²) in [7, 11) is 0. The fourth-order valence-electron chi connectivity index (χ4n) is 3.21. The first kappa shape index (κ1) is 20.7. The molecule has 160 valence electrons. The number of pyridine rings is 1. The maximum absolute atomic E-state index is 9.66. The van der Waals surface area contributed by atoms with E-state index in [1.165, 1.54) is 0 Å². The van der Waals surface area contributed by atoms with Gasteiger partial charge in [-0.15, -0.1) is 0 Å². The summed E-state index contributed by atoms with van der Waals surface area (Å²) in [4.78, 5) is 18.3. The van der Waals surface area contributed by atoms with Gasteiger partial charge >= 0.3 is 0 Å². The fourth-order valence-corrected chi connectivity index (χ4v) is 3.21. The normalized spacial score (nSPS) is 11.8. The van der Waals surface area contributed by atoms with E-state index in [0.717, 1.165) is 22.6 Å². The Bertz CT molecular complexity index is 1190. The lowest BCUT2D eigenvalue weighted by atomic mass is 10.1. The highest BCUT2D eigenvalue weighted by Crippen LogP contribution is 2.28. The molecule has 0 aliphatic rings. The van der Waals surface area contributed by atoms with Gasteiger partial charge < -0.3 is 20.3 Å². The van der Waals surface area contributed by atoms with Crippen LogP contribution >= 0.6 is 0 Å². The van der Waals surface area contributed by atoms with Gasteiger partial charge in [0.05, 0.1) is 24.2 Å². The van der Waals surface area contributed by atoms with Crippen molar-refractivity contribution in [2.24, 2.45) is 0 Å². The van der Waals surface area contributed by atoms with Gasteiger partial charge in [-0.2, -0.15) is 9.97 Å². The van der Waals surface area contributed by atoms with Gasteiger partial charge in [0.2, 0.25) is 5.95 Å². The molecular weight excluding hydrogens is 390 g/mol. The van der Waals surface area contributed by atoms with Crippen LogP contribution < -0.4 is 10.6 Å². The van der Waals surface area contributed by atoms with E-state index in [-0.39, 0.29) is 12.6 Å². The molecule has 0 amide bonds. The average molecular weight is 418 g/mol. The SMILES string of the molecule is CC(C)n1cnc2c(Nc3cccc(-c4ccccn4)c3)nc(NC(C)(C)CO)nc21. The number of aliphatic hydroxyl groups is 1. The van der Waals surface area contributed by atoms with E-state index in [2.05, 4.69) is 44.4 Å². The Morgan fingerprint density at radius 3 is 2.61 bits per heavy atom. The Balaban J connectivity index is 1.76. The van der Waals surface area contributed by atoms with Gasteiger partial charge in [-0.05, 0) is 52.0 Å². The number of anilines is 3. The molecule has 0 bridgehead atoms. The van der Waals surface area contributed by atoms with Crippen LogP contribution in [0.2, 0.25) is 0 Å². The number of fused-ring (bicyclic) bond motifs is 1. The summed E-state index contributed by atoms with van der Waals surface area (Å²) in [5, 5.41) is 16.3. The van der Waals surface area contributed by atoms with Crippen LogP contribution in [0.25, 0.3) is 22.4 Å². The zero-order valence-corrected chi connectivity index (χ0v) is 18.2. The van der Waals surface area contributed by atoms with Gasteiger partial charge in [-0.25, -0.2) is 4.98 Å². The van der Waals surface area contributed by atoms with E-state index in [4.69, 9.17) is 0 Å². The lowest BCUT2D eigenvalue weighted by Crippen LogP contribution is -2.35. The molecule has 8 nitrogen and oxygen atoms in total. The van der Waals surface area contributed by atoms with E-state index in [1.54, 1.807) is 12.5 Å². The number of benzene rings is 1. The summed E-state index contributed by atoms with van der Waals surface area (Å²) in [5.41, 5.74) is 3.62. The Morgan fingerprint density at radius 1 is 1.06 bits per heavy atom. The Morgan fingerprint density at radius 2 is 1.90 bits per heavy atom. The minimum Gasteiger partial charge on any atom is -0.394 e. The molecule has 0 fully saturated rings. The Labute approximate surface area is 181 Å². The summed E-state index contributed by atoms with van der Waals surface area (Å²) >= 11 is 0. The standard InChI is InChI=1S/C23H27N7O/c1-15(2)30-14-25-19-20(27-22(28-21(19)30)29-23(3,4)13-31)26-17-9-7-8-16(12-17)18-10-5-6-11-24-18/h5-12,14-15,31H,13H2,1-4H3,(H2,26,27,28,29). The van der Waals surface area contributed by atoms with Gasteiger partial charge in [-0.3, -0.25) is 4.98 Å². The van der Waals surface area contributed by atoms with Crippen molar-refractivity contribution in [2.45, 2.75) is 39.3 Å². The predicted molar refractivity (Wildman–Crippen MR) is 123 cm³/mol. The van der Waals surface area contributed by atoms with Crippen molar-refractivity contribution in [1.82, 2.24) is 24.5 Å². The van der Waals surface area contributed by atoms with Crippen molar-refractivity contribution < 1.29 is 5.11 Å². The van der Waals surface area contributed by atoms with Crippen molar-refractivity contribution in [3.63, 3.8) is 0 Å². The number of imidazole rings is 1. The molecule has 0 aliphatic heterocycles. The van der Waals surface area contributed by atoms with E-state index in [0.29, 0.717) is 17.3 Å². The molecule has 4 rings (SSSR count). The van der Waals surface area contributed by atoms with Crippen LogP contribution in [0, 0.1) is 0 Å². The first-order valence-electron chi connectivity index (χ1n) is 10.3. The average Bonchev–Trinajstić information content (AvgIpc) is 3.19. The van der Waals surface area contributed by atoms with E-state index < -0.39 is 5.54 Å². The number of nitrogens with one attached hydrogen (secondary N) is 2. The molecule has 0 saturated heterocycles. The van der Waals surface area contributed by atoms with Crippen molar-refractivity contribution in [3.8, 4) is 11.3 Å². The van der Waals surface area contributed by atoms with E-state index in [1.807, 2.05) is 60.9 Å². The Kier molecular flexibility index (Phi) is 5.56. The molecule has 0 unspecified atom stereocenters. The van der Waals surface area contributed by atoms with Crippen LogP contribution in [0.4, 0.5) is 17.5 Å². The third-order valence-electron chi connectivity index (χ3n) is 4.91. The third-order valence-corrected chi connectivity index (χ3v) is 4.91. The molecule has 3 N–H and O–H groups in total. The third kappa shape index (κ3) is 4.49. The number of hydrogen-bond donors (Lipinski definition) is 3. The molecule has 3 heterocycles. The number of aromatic nitrogens is 5. The molecule has 0 aliphatic carbocycles. The molecule has 0 saturated carbocycles. The predicted octanol–water partition coefficient (Wildman–Crippen LogP) is 4.40. The first-order chi connectivity index (χ1) is 14.9. The van der Waals surface area contributed by atoms with Crippen LogP contribution in [0.1, 0.15) is 33.7 Å². The minimum atomic E-state index is -0.563. The van der Waals surface area contributed by atoms with Crippen LogP contribution in [0.15, 0.2) is 55.0 Å². The highest BCUT2D eigenvalue weighted by molar-refractivity contribution is 5.87. The lowest BCUT2D eigenvalue weighted by molar-refractivity contribution is 0.233. The van der Waals surface area contributed by atoms with Gasteiger partial charge in [-0.1, -0.05) is 18.2 Å². The summed E-state index contributed by atoms with van der Waals surface area (Å²) in [5.74, 6) is 1.02. The summed E-state index contributed by atoms with van der Waals surface area (Å²) < 4.78 is 2.00. The second-order valence-corrected chi connectivity index (χ2v) is 8.40. The molecule has 1 aromatic carbocycles. The quantitative estimate of drug-likeness (QED) is 0.410. The van der Waals surface area contributed by atoms with Crippen molar-refractivity contribution >= 4 is 28.6 Å². The summed E-state index contributed by atoms with van der Waals surface area (Å²) in [6.07, 6.45) is 3.56. The van der Waals surface area contributed by atoms with E-state index >= 15 is 0 Å². The minimum absolute atomic E-state index is 0.0489. The second-order valence-electron chi connectivity index (χ2n) is 8.40. The number of nitrogens with zero attached hydrogens (tertiary/aromatic N) is 5. The van der Waals surface area contributed by atoms with Crippen molar-refractivity contribution in [3.05, 3.63) is 55.0 Å². The molecular formula is C23H27N7O. The lowest BCUT2D eigenvalue weighted by Gasteiger charge is -2.24. The Hall–Kier alpha value is -3.52. The maximum atomic E-state index is 9.66. The molecule has 8 heteroatoms. The zero-order valence-electron chi connectivity index (χ0n) is 18.2. The van der Waals surface area contributed by atoms with Crippen LogP contribution in [-0.4, -0.2) is 41.8 Å².